The number of carbonyl (C=O) groups excluding carboxylic acids is 2. The molecule has 4 heteroatoms. The predicted octanol–water partition coefficient (Wildman–Crippen LogP) is 1.13. The first kappa shape index (κ1) is 11.2. The van der Waals surface area contributed by atoms with Crippen LogP contribution in [0.5, 0.6) is 0 Å². The summed E-state index contributed by atoms with van der Waals surface area (Å²) in [5, 5.41) is 5.37. The van der Waals surface area contributed by atoms with Gasteiger partial charge in [-0.25, -0.2) is 0 Å². The van der Waals surface area contributed by atoms with Crippen molar-refractivity contribution in [2.24, 2.45) is 0 Å². The highest BCUT2D eigenvalue weighted by atomic mass is 16.2. The Bertz CT molecular complexity index is 529. The van der Waals surface area contributed by atoms with Gasteiger partial charge in [0.05, 0.1) is 11.3 Å². The number of nitrogens with one attached hydrogen (secondary N) is 2. The molecule has 1 heterocycles. The molecule has 0 saturated heterocycles. The van der Waals surface area contributed by atoms with Crippen LogP contribution in [0.4, 0.5) is 5.69 Å². The van der Waals surface area contributed by atoms with Gasteiger partial charge in [-0.15, -0.1) is 6.42 Å². The van der Waals surface area contributed by atoms with E-state index in [0.29, 0.717) is 23.2 Å². The molecule has 0 bridgehead atoms. The minimum atomic E-state index is -0.513. The zero-order chi connectivity index (χ0) is 12.4. The van der Waals surface area contributed by atoms with Crippen LogP contribution in [0.25, 0.3) is 0 Å². The zero-order valence-corrected chi connectivity index (χ0v) is 9.41. The van der Waals surface area contributed by atoms with Gasteiger partial charge in [0.15, 0.2) is 0 Å². The highest BCUT2D eigenvalue weighted by Crippen LogP contribution is 2.23. The molecular weight excluding hydrogens is 216 g/mol. The maximum absolute atomic E-state index is 11.9. The smallest absolute Gasteiger partial charge is 0.254 e. The summed E-state index contributed by atoms with van der Waals surface area (Å²) >= 11 is 0. The Hall–Kier alpha value is -2.28. The number of hydrogen-bond donors (Lipinski definition) is 2. The van der Waals surface area contributed by atoms with Crippen molar-refractivity contribution in [1.29, 1.82) is 0 Å². The fourth-order valence-corrected chi connectivity index (χ4v) is 1.80. The van der Waals surface area contributed by atoms with Crippen molar-refractivity contribution in [3.63, 3.8) is 0 Å². The first-order valence-corrected chi connectivity index (χ1v) is 5.38. The molecule has 17 heavy (non-hydrogen) atoms. The SMILES string of the molecule is C#Cc1cccc2c1NC(=O)C(CC)NC2=O. The van der Waals surface area contributed by atoms with Gasteiger partial charge in [-0.2, -0.15) is 0 Å². The summed E-state index contributed by atoms with van der Waals surface area (Å²) in [6.45, 7) is 1.84. The number of terminal acetylenes is 1. The van der Waals surface area contributed by atoms with Crippen molar-refractivity contribution in [3.8, 4) is 12.3 Å². The zero-order valence-electron chi connectivity index (χ0n) is 9.41. The van der Waals surface area contributed by atoms with Crippen molar-refractivity contribution in [2.45, 2.75) is 19.4 Å². The molecule has 4 nitrogen and oxygen atoms in total. The molecule has 0 aliphatic carbocycles. The number of carbonyl (C=O) groups is 2. The first-order valence-electron chi connectivity index (χ1n) is 5.38. The van der Waals surface area contributed by atoms with E-state index >= 15 is 0 Å². The van der Waals surface area contributed by atoms with Crippen LogP contribution >= 0.6 is 0 Å². The summed E-state index contributed by atoms with van der Waals surface area (Å²) in [5.74, 6) is 1.95. The van der Waals surface area contributed by atoms with Crippen LogP contribution in [-0.2, 0) is 4.79 Å². The van der Waals surface area contributed by atoms with Crippen LogP contribution in [0.15, 0.2) is 18.2 Å². The number of benzene rings is 1. The van der Waals surface area contributed by atoms with Gasteiger partial charge in [-0.05, 0) is 18.6 Å². The summed E-state index contributed by atoms with van der Waals surface area (Å²) < 4.78 is 0. The van der Waals surface area contributed by atoms with Gasteiger partial charge in [0.2, 0.25) is 5.91 Å². The lowest BCUT2D eigenvalue weighted by molar-refractivity contribution is -0.117. The largest absolute Gasteiger partial charge is 0.340 e. The van der Waals surface area contributed by atoms with Crippen molar-refractivity contribution < 1.29 is 9.59 Å². The summed E-state index contributed by atoms with van der Waals surface area (Å²) in [7, 11) is 0. The second-order valence-corrected chi connectivity index (χ2v) is 3.80. The third-order valence-electron chi connectivity index (χ3n) is 2.74. The molecule has 1 unspecified atom stereocenters. The lowest BCUT2D eigenvalue weighted by Gasteiger charge is -2.11. The minimum absolute atomic E-state index is 0.234. The molecule has 1 aromatic carbocycles. The molecule has 0 radical (unpaired) electrons. The molecule has 2 amide bonds. The average molecular weight is 228 g/mol. The quantitative estimate of drug-likeness (QED) is 0.708. The van der Waals surface area contributed by atoms with Gasteiger partial charge in [0.1, 0.15) is 6.04 Å². The minimum Gasteiger partial charge on any atom is -0.340 e. The Labute approximate surface area is 99.4 Å². The molecule has 1 aliphatic heterocycles. The fourth-order valence-electron chi connectivity index (χ4n) is 1.80. The predicted molar refractivity (Wildman–Crippen MR) is 64.6 cm³/mol. The number of rotatable bonds is 1. The number of para-hydroxylation sites is 1. The molecule has 1 atom stereocenters. The Morgan fingerprint density at radius 3 is 2.82 bits per heavy atom. The van der Waals surface area contributed by atoms with E-state index in [2.05, 4.69) is 16.6 Å². The summed E-state index contributed by atoms with van der Waals surface area (Å²) in [4.78, 5) is 23.7. The number of fused-ring (bicyclic) bond motifs is 1. The maximum atomic E-state index is 11.9. The molecule has 1 aromatic rings. The van der Waals surface area contributed by atoms with Gasteiger partial charge in [-0.3, -0.25) is 9.59 Å². The molecule has 2 rings (SSSR count). The molecule has 1 aliphatic rings. The van der Waals surface area contributed by atoms with Gasteiger partial charge in [-0.1, -0.05) is 18.9 Å². The molecule has 0 fully saturated rings. The van der Waals surface area contributed by atoms with Gasteiger partial charge < -0.3 is 10.6 Å². The molecule has 0 aromatic heterocycles. The van der Waals surface area contributed by atoms with Crippen LogP contribution < -0.4 is 10.6 Å². The van der Waals surface area contributed by atoms with Crippen LogP contribution in [0.2, 0.25) is 0 Å². The molecule has 0 spiro atoms. The Balaban J connectivity index is 2.54. The van der Waals surface area contributed by atoms with Gasteiger partial charge in [0, 0.05) is 5.56 Å². The first-order chi connectivity index (χ1) is 8.17. The number of amides is 2. The van der Waals surface area contributed by atoms with Crippen LogP contribution in [0, 0.1) is 12.3 Å². The average Bonchev–Trinajstić information content (AvgIpc) is 2.46. The highest BCUT2D eigenvalue weighted by molar-refractivity contribution is 6.10. The van der Waals surface area contributed by atoms with Crippen molar-refractivity contribution >= 4 is 17.5 Å². The molecule has 0 saturated carbocycles. The number of anilines is 1. The van der Waals surface area contributed by atoms with Crippen molar-refractivity contribution in [2.75, 3.05) is 5.32 Å². The normalized spacial score (nSPS) is 18.5. The van der Waals surface area contributed by atoms with Crippen molar-refractivity contribution in [1.82, 2.24) is 5.32 Å². The maximum Gasteiger partial charge on any atom is 0.254 e. The topological polar surface area (TPSA) is 58.2 Å². The van der Waals surface area contributed by atoms with Crippen LogP contribution in [-0.4, -0.2) is 17.9 Å². The van der Waals surface area contributed by atoms with E-state index < -0.39 is 6.04 Å². The lowest BCUT2D eigenvalue weighted by atomic mass is 10.1. The second-order valence-electron chi connectivity index (χ2n) is 3.80. The highest BCUT2D eigenvalue weighted by Gasteiger charge is 2.27. The van der Waals surface area contributed by atoms with E-state index in [9.17, 15) is 9.59 Å². The summed E-state index contributed by atoms with van der Waals surface area (Å²) in [6.07, 6.45) is 5.89. The third kappa shape index (κ3) is 1.87. The molecular formula is C13H12N2O2. The third-order valence-corrected chi connectivity index (χ3v) is 2.74. The number of hydrogen-bond acceptors (Lipinski definition) is 2. The van der Waals surface area contributed by atoms with E-state index in [1.165, 1.54) is 0 Å². The second kappa shape index (κ2) is 4.30. The fraction of sp³-hybridized carbons (Fsp3) is 0.231. The molecule has 2 N–H and O–H groups in total. The molecule has 86 valence electrons. The summed E-state index contributed by atoms with van der Waals surface area (Å²) in [6, 6.07) is 4.52. The van der Waals surface area contributed by atoms with E-state index in [1.54, 1.807) is 18.2 Å². The van der Waals surface area contributed by atoms with E-state index in [4.69, 9.17) is 6.42 Å². The Morgan fingerprint density at radius 1 is 1.41 bits per heavy atom. The monoisotopic (exact) mass is 228 g/mol. The van der Waals surface area contributed by atoms with Crippen LogP contribution in [0.3, 0.4) is 0 Å². The Kier molecular flexibility index (Phi) is 2.84. The Morgan fingerprint density at radius 2 is 2.18 bits per heavy atom. The standard InChI is InChI=1S/C13H12N2O2/c1-3-8-6-5-7-9-11(8)15-13(17)10(4-2)14-12(9)16/h1,5-7,10H,4H2,2H3,(H,14,16)(H,15,17). The van der Waals surface area contributed by atoms with E-state index in [-0.39, 0.29) is 11.8 Å². The van der Waals surface area contributed by atoms with E-state index in [0.717, 1.165) is 0 Å². The van der Waals surface area contributed by atoms with E-state index in [1.807, 2.05) is 6.92 Å². The summed E-state index contributed by atoms with van der Waals surface area (Å²) in [5.41, 5.74) is 1.35. The van der Waals surface area contributed by atoms with Crippen LogP contribution in [0.1, 0.15) is 29.3 Å². The van der Waals surface area contributed by atoms with Crippen molar-refractivity contribution in [3.05, 3.63) is 29.3 Å². The van der Waals surface area contributed by atoms with Gasteiger partial charge >= 0.3 is 0 Å². The van der Waals surface area contributed by atoms with Gasteiger partial charge in [0.25, 0.3) is 5.91 Å². The lowest BCUT2D eigenvalue weighted by Crippen LogP contribution is -2.40.